The van der Waals surface area contributed by atoms with E-state index in [0.29, 0.717) is 5.82 Å². The number of nitrogens with one attached hydrogen (secondary N) is 1. The first kappa shape index (κ1) is 14.0. The zero-order valence-electron chi connectivity index (χ0n) is 11.8. The Morgan fingerprint density at radius 1 is 1.38 bits per heavy atom. The van der Waals surface area contributed by atoms with Gasteiger partial charge in [0.15, 0.2) is 0 Å². The van der Waals surface area contributed by atoms with Gasteiger partial charge in [-0.3, -0.25) is 4.68 Å². The fourth-order valence-corrected chi connectivity index (χ4v) is 3.63. The van der Waals surface area contributed by atoms with Gasteiger partial charge >= 0.3 is 0 Å². The number of hydrogen-bond acceptors (Lipinski definition) is 7. The van der Waals surface area contributed by atoms with Gasteiger partial charge in [-0.1, -0.05) is 0 Å². The Kier molecular flexibility index (Phi) is 3.89. The van der Waals surface area contributed by atoms with Crippen LogP contribution in [-0.4, -0.2) is 25.7 Å². The van der Waals surface area contributed by atoms with Crippen molar-refractivity contribution in [1.29, 1.82) is 0 Å². The van der Waals surface area contributed by atoms with Crippen LogP contribution in [0.4, 0.5) is 10.8 Å². The summed E-state index contributed by atoms with van der Waals surface area (Å²) in [7, 11) is 0. The van der Waals surface area contributed by atoms with E-state index in [0.717, 1.165) is 39.9 Å². The summed E-state index contributed by atoms with van der Waals surface area (Å²) in [6, 6.07) is 0. The third-order valence-electron chi connectivity index (χ3n) is 2.94. The Balaban J connectivity index is 1.71. The van der Waals surface area contributed by atoms with Gasteiger partial charge in [0.1, 0.15) is 15.8 Å². The average Bonchev–Trinajstić information content (AvgIpc) is 3.12. The minimum Gasteiger partial charge on any atom is -0.382 e. The summed E-state index contributed by atoms with van der Waals surface area (Å²) in [4.78, 5) is 4.49. The standard InChI is InChI=1S/C13H16N6S2/c1-8-5-16-19(6-8)4-3-15-12-10(11(14)18-21-12)13-17-9(2)7-20-13/h5-7,15H,3-4H2,1-2H3,(H2,14,18). The Hall–Kier alpha value is -1.93. The van der Waals surface area contributed by atoms with Crippen LogP contribution in [0.1, 0.15) is 11.3 Å². The molecule has 0 radical (unpaired) electrons. The van der Waals surface area contributed by atoms with Crippen molar-refractivity contribution in [2.24, 2.45) is 0 Å². The Morgan fingerprint density at radius 3 is 2.90 bits per heavy atom. The van der Waals surface area contributed by atoms with Crippen molar-refractivity contribution in [2.75, 3.05) is 17.6 Å². The van der Waals surface area contributed by atoms with Gasteiger partial charge in [-0.2, -0.15) is 9.47 Å². The van der Waals surface area contributed by atoms with Crippen LogP contribution in [0, 0.1) is 13.8 Å². The molecule has 0 aliphatic rings. The molecule has 6 nitrogen and oxygen atoms in total. The van der Waals surface area contributed by atoms with Crippen LogP contribution in [-0.2, 0) is 6.54 Å². The highest BCUT2D eigenvalue weighted by atomic mass is 32.1. The van der Waals surface area contributed by atoms with E-state index in [4.69, 9.17) is 5.73 Å². The molecule has 0 fully saturated rings. The summed E-state index contributed by atoms with van der Waals surface area (Å²) >= 11 is 2.96. The van der Waals surface area contributed by atoms with E-state index in [9.17, 15) is 0 Å². The molecule has 0 atom stereocenters. The van der Waals surface area contributed by atoms with Crippen LogP contribution in [0.5, 0.6) is 0 Å². The number of hydrogen-bond donors (Lipinski definition) is 2. The SMILES string of the molecule is Cc1cnn(CCNc2snc(N)c2-c2nc(C)cs2)c1. The first-order valence-corrected chi connectivity index (χ1v) is 8.19. The monoisotopic (exact) mass is 320 g/mol. The highest BCUT2D eigenvalue weighted by Crippen LogP contribution is 2.38. The number of rotatable bonds is 5. The second-order valence-electron chi connectivity index (χ2n) is 4.77. The topological polar surface area (TPSA) is 81.7 Å². The van der Waals surface area contributed by atoms with Crippen molar-refractivity contribution < 1.29 is 0 Å². The summed E-state index contributed by atoms with van der Waals surface area (Å²) in [5.41, 5.74) is 9.05. The van der Waals surface area contributed by atoms with E-state index < -0.39 is 0 Å². The van der Waals surface area contributed by atoms with E-state index in [-0.39, 0.29) is 0 Å². The molecule has 0 amide bonds. The quantitative estimate of drug-likeness (QED) is 0.755. The number of anilines is 2. The lowest BCUT2D eigenvalue weighted by Crippen LogP contribution is -2.10. The van der Waals surface area contributed by atoms with E-state index >= 15 is 0 Å². The van der Waals surface area contributed by atoms with Crippen molar-refractivity contribution in [2.45, 2.75) is 20.4 Å². The molecule has 3 rings (SSSR count). The van der Waals surface area contributed by atoms with E-state index in [2.05, 4.69) is 19.8 Å². The van der Waals surface area contributed by atoms with Gasteiger partial charge in [-0.05, 0) is 30.9 Å². The molecule has 3 N–H and O–H groups in total. The summed E-state index contributed by atoms with van der Waals surface area (Å²) in [6.07, 6.45) is 3.88. The molecule has 0 unspecified atom stereocenters. The third kappa shape index (κ3) is 3.06. The molecule has 3 heterocycles. The van der Waals surface area contributed by atoms with Crippen molar-refractivity contribution in [3.63, 3.8) is 0 Å². The molecule has 0 aromatic carbocycles. The summed E-state index contributed by atoms with van der Waals surface area (Å²) in [5, 5.41) is 11.5. The van der Waals surface area contributed by atoms with E-state index in [1.807, 2.05) is 36.3 Å². The first-order chi connectivity index (χ1) is 10.1. The molecule has 110 valence electrons. The second-order valence-corrected chi connectivity index (χ2v) is 6.41. The molecule has 0 saturated heterocycles. The Labute approximate surface area is 130 Å². The molecule has 3 aromatic rings. The minimum absolute atomic E-state index is 0.534. The van der Waals surface area contributed by atoms with Crippen molar-refractivity contribution in [3.05, 3.63) is 29.0 Å². The maximum atomic E-state index is 5.98. The zero-order valence-corrected chi connectivity index (χ0v) is 13.5. The normalized spacial score (nSPS) is 11.0. The fraction of sp³-hybridized carbons (Fsp3) is 0.308. The van der Waals surface area contributed by atoms with Gasteiger partial charge in [0.2, 0.25) is 0 Å². The van der Waals surface area contributed by atoms with Gasteiger partial charge in [0.25, 0.3) is 0 Å². The molecule has 0 bridgehead atoms. The first-order valence-electron chi connectivity index (χ1n) is 6.54. The van der Waals surface area contributed by atoms with E-state index in [1.165, 1.54) is 11.5 Å². The Bertz CT molecular complexity index is 742. The minimum atomic E-state index is 0.534. The van der Waals surface area contributed by atoms with Gasteiger partial charge in [0.05, 0.1) is 18.3 Å². The predicted octanol–water partition coefficient (Wildman–Crippen LogP) is 2.77. The summed E-state index contributed by atoms with van der Waals surface area (Å²) in [6.45, 7) is 5.56. The smallest absolute Gasteiger partial charge is 0.149 e. The third-order valence-corrected chi connectivity index (χ3v) is 4.74. The predicted molar refractivity (Wildman–Crippen MR) is 87.8 cm³/mol. The average molecular weight is 320 g/mol. The number of nitrogen functional groups attached to an aromatic ring is 1. The van der Waals surface area contributed by atoms with Crippen LogP contribution in [0.25, 0.3) is 10.6 Å². The molecule has 3 aromatic heterocycles. The fourth-order valence-electron chi connectivity index (χ4n) is 1.97. The molecule has 0 saturated carbocycles. The highest BCUT2D eigenvalue weighted by Gasteiger charge is 2.16. The largest absolute Gasteiger partial charge is 0.382 e. The van der Waals surface area contributed by atoms with Crippen molar-refractivity contribution in [3.8, 4) is 10.6 Å². The molecule has 0 spiro atoms. The molecular formula is C13H16N6S2. The molecular weight excluding hydrogens is 304 g/mol. The maximum Gasteiger partial charge on any atom is 0.149 e. The maximum absolute atomic E-state index is 5.98. The van der Waals surface area contributed by atoms with Crippen molar-refractivity contribution >= 4 is 33.7 Å². The number of aryl methyl sites for hydroxylation is 2. The van der Waals surface area contributed by atoms with Crippen LogP contribution < -0.4 is 11.1 Å². The van der Waals surface area contributed by atoms with Crippen LogP contribution in [0.2, 0.25) is 0 Å². The van der Waals surface area contributed by atoms with Crippen LogP contribution >= 0.6 is 22.9 Å². The second kappa shape index (κ2) is 5.82. The lowest BCUT2D eigenvalue weighted by atomic mass is 10.3. The number of thiazole rings is 1. The highest BCUT2D eigenvalue weighted by molar-refractivity contribution is 7.15. The van der Waals surface area contributed by atoms with Gasteiger partial charge < -0.3 is 11.1 Å². The van der Waals surface area contributed by atoms with Crippen LogP contribution in [0.15, 0.2) is 17.8 Å². The number of aromatic nitrogens is 4. The van der Waals surface area contributed by atoms with Gasteiger partial charge in [0, 0.05) is 23.8 Å². The molecule has 21 heavy (non-hydrogen) atoms. The molecule has 0 aliphatic carbocycles. The molecule has 8 heteroatoms. The Morgan fingerprint density at radius 2 is 2.24 bits per heavy atom. The zero-order chi connectivity index (χ0) is 14.8. The van der Waals surface area contributed by atoms with Crippen LogP contribution in [0.3, 0.4) is 0 Å². The van der Waals surface area contributed by atoms with Crippen molar-refractivity contribution in [1.82, 2.24) is 19.1 Å². The lowest BCUT2D eigenvalue weighted by Gasteiger charge is -2.05. The number of nitrogens with two attached hydrogens (primary N) is 1. The summed E-state index contributed by atoms with van der Waals surface area (Å²) in [5.74, 6) is 0.534. The lowest BCUT2D eigenvalue weighted by molar-refractivity contribution is 0.638. The molecule has 0 aliphatic heterocycles. The summed E-state index contributed by atoms with van der Waals surface area (Å²) < 4.78 is 6.15. The van der Waals surface area contributed by atoms with Gasteiger partial charge in [-0.25, -0.2) is 4.98 Å². The van der Waals surface area contributed by atoms with E-state index in [1.54, 1.807) is 11.3 Å². The number of nitrogens with zero attached hydrogens (tertiary/aromatic N) is 4. The van der Waals surface area contributed by atoms with Gasteiger partial charge in [-0.15, -0.1) is 11.3 Å².